The summed E-state index contributed by atoms with van der Waals surface area (Å²) >= 11 is 0. The summed E-state index contributed by atoms with van der Waals surface area (Å²) in [5.41, 5.74) is 0.516. The van der Waals surface area contributed by atoms with Crippen LogP contribution in [-0.2, 0) is 20.8 Å². The van der Waals surface area contributed by atoms with Gasteiger partial charge in [0.05, 0.1) is 6.42 Å². The molecule has 0 spiro atoms. The second-order valence-corrected chi connectivity index (χ2v) is 3.89. The minimum absolute atomic E-state index is 0.0440. The lowest BCUT2D eigenvalue weighted by molar-refractivity contribution is -0.143. The Balaban J connectivity index is 2.52. The first kappa shape index (κ1) is 14.6. The van der Waals surface area contributed by atoms with E-state index in [1.807, 2.05) is 0 Å². The Bertz CT molecular complexity index is 460. The third-order valence-electron chi connectivity index (χ3n) is 2.35. The van der Waals surface area contributed by atoms with Gasteiger partial charge in [0.2, 0.25) is 5.91 Å². The summed E-state index contributed by atoms with van der Waals surface area (Å²) in [4.78, 5) is 36.8. The third kappa shape index (κ3) is 5.62. The minimum Gasteiger partial charge on any atom is -0.481 e. The summed E-state index contributed by atoms with van der Waals surface area (Å²) in [5, 5.41) is 19.7. The number of rotatable bonds is 7. The van der Waals surface area contributed by atoms with Crippen LogP contribution in [0.25, 0.3) is 0 Å². The molecule has 19 heavy (non-hydrogen) atoms. The molecule has 0 radical (unpaired) electrons. The number of carboxylic acids is 2. The van der Waals surface area contributed by atoms with Gasteiger partial charge in [0, 0.05) is 18.3 Å². The van der Waals surface area contributed by atoms with Gasteiger partial charge in [0.25, 0.3) is 0 Å². The van der Waals surface area contributed by atoms with Crippen LogP contribution in [-0.4, -0.2) is 39.1 Å². The molecule has 7 nitrogen and oxygen atoms in total. The van der Waals surface area contributed by atoms with E-state index in [4.69, 9.17) is 10.2 Å². The number of hydrogen-bond donors (Lipinski definition) is 3. The van der Waals surface area contributed by atoms with Crippen molar-refractivity contribution in [2.75, 3.05) is 0 Å². The van der Waals surface area contributed by atoms with Crippen molar-refractivity contribution in [1.29, 1.82) is 0 Å². The van der Waals surface area contributed by atoms with E-state index >= 15 is 0 Å². The normalized spacial score (nSPS) is 11.6. The number of hydrogen-bond acceptors (Lipinski definition) is 4. The van der Waals surface area contributed by atoms with Crippen molar-refractivity contribution < 1.29 is 24.6 Å². The van der Waals surface area contributed by atoms with Crippen LogP contribution in [0.1, 0.15) is 18.5 Å². The fraction of sp³-hybridized carbons (Fsp3) is 0.333. The summed E-state index contributed by atoms with van der Waals surface area (Å²) in [6.07, 6.45) is 1.01. The van der Waals surface area contributed by atoms with Crippen molar-refractivity contribution in [3.8, 4) is 0 Å². The van der Waals surface area contributed by atoms with Gasteiger partial charge >= 0.3 is 11.9 Å². The fourth-order valence-electron chi connectivity index (χ4n) is 1.44. The van der Waals surface area contributed by atoms with E-state index in [-0.39, 0.29) is 19.3 Å². The maximum absolute atomic E-state index is 11.6. The standard InChI is InChI=1S/C12H14N2O5/c15-10(7-8-3-1-2-6-13-8)14-9(12(18)19)4-5-11(16)17/h1-3,6,9H,4-5,7H2,(H,14,15)(H,16,17)(H,18,19)/t9-/m0/s1. The van der Waals surface area contributed by atoms with Crippen LogP contribution in [0.5, 0.6) is 0 Å². The van der Waals surface area contributed by atoms with Crippen LogP contribution in [0.15, 0.2) is 24.4 Å². The molecule has 1 aromatic rings. The molecular weight excluding hydrogens is 252 g/mol. The first-order valence-corrected chi connectivity index (χ1v) is 5.63. The first-order chi connectivity index (χ1) is 8.99. The van der Waals surface area contributed by atoms with Gasteiger partial charge in [0.1, 0.15) is 6.04 Å². The van der Waals surface area contributed by atoms with Crippen LogP contribution in [0.2, 0.25) is 0 Å². The molecule has 7 heteroatoms. The first-order valence-electron chi connectivity index (χ1n) is 5.63. The molecule has 1 rings (SSSR count). The van der Waals surface area contributed by atoms with E-state index < -0.39 is 23.9 Å². The predicted molar refractivity (Wildman–Crippen MR) is 64.4 cm³/mol. The lowest BCUT2D eigenvalue weighted by atomic mass is 10.1. The minimum atomic E-state index is -1.25. The molecule has 0 aromatic carbocycles. The molecule has 0 saturated carbocycles. The smallest absolute Gasteiger partial charge is 0.326 e. The Morgan fingerprint density at radius 3 is 2.53 bits per heavy atom. The Morgan fingerprint density at radius 2 is 2.00 bits per heavy atom. The summed E-state index contributed by atoms with van der Waals surface area (Å²) in [6, 6.07) is 3.86. The van der Waals surface area contributed by atoms with Crippen LogP contribution in [0.4, 0.5) is 0 Å². The summed E-state index contributed by atoms with van der Waals surface area (Å²) in [6.45, 7) is 0. The molecule has 3 N–H and O–H groups in total. The highest BCUT2D eigenvalue weighted by atomic mass is 16.4. The molecule has 0 bridgehead atoms. The molecule has 1 heterocycles. The molecule has 1 amide bonds. The molecule has 0 unspecified atom stereocenters. The number of aromatic nitrogens is 1. The number of carboxylic acid groups (broad SMARTS) is 2. The third-order valence-corrected chi connectivity index (χ3v) is 2.35. The average Bonchev–Trinajstić information content (AvgIpc) is 2.35. The van der Waals surface area contributed by atoms with E-state index in [1.54, 1.807) is 18.2 Å². The highest BCUT2D eigenvalue weighted by Gasteiger charge is 2.20. The molecule has 1 atom stereocenters. The van der Waals surface area contributed by atoms with Gasteiger partial charge in [-0.3, -0.25) is 14.6 Å². The van der Waals surface area contributed by atoms with Gasteiger partial charge in [-0.25, -0.2) is 4.79 Å². The fourth-order valence-corrected chi connectivity index (χ4v) is 1.44. The highest BCUT2D eigenvalue weighted by molar-refractivity contribution is 5.84. The Labute approximate surface area is 109 Å². The van der Waals surface area contributed by atoms with Gasteiger partial charge in [-0.15, -0.1) is 0 Å². The lowest BCUT2D eigenvalue weighted by Crippen LogP contribution is -2.41. The summed E-state index contributed by atoms with van der Waals surface area (Å²) < 4.78 is 0. The molecular formula is C12H14N2O5. The van der Waals surface area contributed by atoms with Crippen molar-refractivity contribution in [1.82, 2.24) is 10.3 Å². The summed E-state index contributed by atoms with van der Waals surface area (Å²) in [5.74, 6) is -2.86. The topological polar surface area (TPSA) is 117 Å². The van der Waals surface area contributed by atoms with Gasteiger partial charge in [0.15, 0.2) is 0 Å². The number of carbonyl (C=O) groups is 3. The SMILES string of the molecule is O=C(O)CC[C@H](NC(=O)Cc1ccccn1)C(=O)O. The van der Waals surface area contributed by atoms with Gasteiger partial charge < -0.3 is 15.5 Å². The van der Waals surface area contributed by atoms with E-state index in [2.05, 4.69) is 10.3 Å². The number of carbonyl (C=O) groups excluding carboxylic acids is 1. The molecule has 0 aliphatic heterocycles. The molecule has 1 aromatic heterocycles. The molecule has 0 saturated heterocycles. The average molecular weight is 266 g/mol. The zero-order valence-electron chi connectivity index (χ0n) is 10.1. The Kier molecular flexibility index (Phi) is 5.46. The zero-order valence-corrected chi connectivity index (χ0v) is 10.1. The number of amides is 1. The van der Waals surface area contributed by atoms with Gasteiger partial charge in [-0.1, -0.05) is 6.07 Å². The maximum atomic E-state index is 11.6. The van der Waals surface area contributed by atoms with Gasteiger partial charge in [-0.05, 0) is 18.6 Å². The van der Waals surface area contributed by atoms with E-state index in [9.17, 15) is 14.4 Å². The van der Waals surface area contributed by atoms with Crippen molar-refractivity contribution >= 4 is 17.8 Å². The lowest BCUT2D eigenvalue weighted by Gasteiger charge is -2.13. The molecule has 0 aliphatic rings. The number of aliphatic carboxylic acids is 2. The van der Waals surface area contributed by atoms with Crippen LogP contribution >= 0.6 is 0 Å². The van der Waals surface area contributed by atoms with E-state index in [0.29, 0.717) is 5.69 Å². The number of nitrogens with zero attached hydrogens (tertiary/aromatic N) is 1. The second-order valence-electron chi connectivity index (χ2n) is 3.89. The van der Waals surface area contributed by atoms with Crippen LogP contribution in [0.3, 0.4) is 0 Å². The monoisotopic (exact) mass is 266 g/mol. The van der Waals surface area contributed by atoms with Crippen LogP contribution < -0.4 is 5.32 Å². The zero-order chi connectivity index (χ0) is 14.3. The van der Waals surface area contributed by atoms with Crippen molar-refractivity contribution in [3.05, 3.63) is 30.1 Å². The quantitative estimate of drug-likeness (QED) is 0.642. The Morgan fingerprint density at radius 1 is 1.26 bits per heavy atom. The molecule has 0 fully saturated rings. The molecule has 102 valence electrons. The summed E-state index contributed by atoms with van der Waals surface area (Å²) in [7, 11) is 0. The maximum Gasteiger partial charge on any atom is 0.326 e. The van der Waals surface area contributed by atoms with Crippen molar-refractivity contribution in [2.45, 2.75) is 25.3 Å². The number of nitrogens with one attached hydrogen (secondary N) is 1. The van der Waals surface area contributed by atoms with E-state index in [0.717, 1.165) is 0 Å². The highest BCUT2D eigenvalue weighted by Crippen LogP contribution is 2.00. The Hall–Kier alpha value is -2.44. The van der Waals surface area contributed by atoms with E-state index in [1.165, 1.54) is 6.20 Å². The predicted octanol–water partition coefficient (Wildman–Crippen LogP) is 0.0583. The van der Waals surface area contributed by atoms with Crippen LogP contribution in [0, 0.1) is 0 Å². The largest absolute Gasteiger partial charge is 0.481 e. The number of pyridine rings is 1. The second kappa shape index (κ2) is 7.10. The van der Waals surface area contributed by atoms with Gasteiger partial charge in [-0.2, -0.15) is 0 Å². The van der Waals surface area contributed by atoms with Crippen molar-refractivity contribution in [2.24, 2.45) is 0 Å². The van der Waals surface area contributed by atoms with Crippen molar-refractivity contribution in [3.63, 3.8) is 0 Å². The molecule has 0 aliphatic carbocycles.